The predicted molar refractivity (Wildman–Crippen MR) is 126 cm³/mol. The van der Waals surface area contributed by atoms with Gasteiger partial charge in [0.25, 0.3) is 5.91 Å². The highest BCUT2D eigenvalue weighted by Crippen LogP contribution is 2.28. The summed E-state index contributed by atoms with van der Waals surface area (Å²) in [6, 6.07) is 19.6. The van der Waals surface area contributed by atoms with Crippen LogP contribution in [0.15, 0.2) is 71.6 Å². The number of nitrogens with zero attached hydrogens (tertiary/aromatic N) is 1. The Hall–Kier alpha value is -3.36. The third-order valence-electron chi connectivity index (χ3n) is 5.55. The summed E-state index contributed by atoms with van der Waals surface area (Å²) in [7, 11) is -2.05. The lowest BCUT2D eigenvalue weighted by atomic mass is 10.0. The van der Waals surface area contributed by atoms with Crippen LogP contribution in [0.5, 0.6) is 11.5 Å². The van der Waals surface area contributed by atoms with Gasteiger partial charge in [0.05, 0.1) is 12.0 Å². The number of rotatable bonds is 7. The van der Waals surface area contributed by atoms with Crippen LogP contribution >= 0.6 is 0 Å². The van der Waals surface area contributed by atoms with Crippen LogP contribution in [0, 0.1) is 6.92 Å². The Bertz CT molecular complexity index is 1260. The van der Waals surface area contributed by atoms with Crippen LogP contribution < -0.4 is 14.8 Å². The van der Waals surface area contributed by atoms with Gasteiger partial charge in [-0.1, -0.05) is 35.9 Å². The summed E-state index contributed by atoms with van der Waals surface area (Å²) < 4.78 is 38.4. The van der Waals surface area contributed by atoms with Gasteiger partial charge >= 0.3 is 0 Å². The van der Waals surface area contributed by atoms with Gasteiger partial charge in [-0.05, 0) is 60.9 Å². The highest BCUT2D eigenvalue weighted by molar-refractivity contribution is 7.89. The zero-order valence-corrected chi connectivity index (χ0v) is 19.4. The quantitative estimate of drug-likeness (QED) is 0.573. The molecule has 0 saturated heterocycles. The Morgan fingerprint density at radius 1 is 1.00 bits per heavy atom. The number of benzene rings is 3. The van der Waals surface area contributed by atoms with Crippen LogP contribution in [0.25, 0.3) is 0 Å². The van der Waals surface area contributed by atoms with E-state index in [4.69, 9.17) is 9.47 Å². The Morgan fingerprint density at radius 3 is 2.45 bits per heavy atom. The first kappa shape index (κ1) is 22.8. The molecule has 4 rings (SSSR count). The van der Waals surface area contributed by atoms with Gasteiger partial charge in [-0.25, -0.2) is 8.42 Å². The number of hydrogen-bond donors (Lipinski definition) is 1. The normalized spacial score (nSPS) is 13.8. The molecule has 1 amide bonds. The Kier molecular flexibility index (Phi) is 6.67. The van der Waals surface area contributed by atoms with Crippen molar-refractivity contribution in [3.05, 3.63) is 83.4 Å². The average Bonchev–Trinajstić information content (AvgIpc) is 2.82. The van der Waals surface area contributed by atoms with E-state index in [-0.39, 0.29) is 24.0 Å². The van der Waals surface area contributed by atoms with Crippen LogP contribution in [-0.4, -0.2) is 38.9 Å². The molecular weight excluding hydrogens is 440 g/mol. The third-order valence-corrected chi connectivity index (χ3v) is 7.41. The Labute approximate surface area is 194 Å². The molecule has 7 nitrogen and oxygen atoms in total. The van der Waals surface area contributed by atoms with Crippen molar-refractivity contribution in [2.24, 2.45) is 0 Å². The number of methoxy groups -OCH3 is 1. The molecule has 3 aromatic carbocycles. The van der Waals surface area contributed by atoms with E-state index in [9.17, 15) is 13.2 Å². The number of aryl methyl sites for hydroxylation is 1. The molecule has 0 aliphatic carbocycles. The summed E-state index contributed by atoms with van der Waals surface area (Å²) in [5.74, 6) is 0.715. The van der Waals surface area contributed by atoms with Crippen molar-refractivity contribution in [1.82, 2.24) is 4.31 Å². The molecule has 0 atom stereocenters. The molecule has 0 aromatic heterocycles. The summed E-state index contributed by atoms with van der Waals surface area (Å²) in [5, 5.41) is 2.82. The number of amides is 1. The zero-order chi connectivity index (χ0) is 23.4. The first-order chi connectivity index (χ1) is 15.9. The van der Waals surface area contributed by atoms with Crippen molar-refractivity contribution in [2.45, 2.75) is 24.8 Å². The number of ether oxygens (including phenoxy) is 2. The van der Waals surface area contributed by atoms with E-state index in [1.54, 1.807) is 42.5 Å². The molecule has 1 heterocycles. The molecule has 3 aromatic rings. The number of hydrogen-bond acceptors (Lipinski definition) is 5. The van der Waals surface area contributed by atoms with Crippen molar-refractivity contribution in [3.8, 4) is 11.5 Å². The largest absolute Gasteiger partial charge is 0.493 e. The fourth-order valence-electron chi connectivity index (χ4n) is 3.75. The average molecular weight is 467 g/mol. The fraction of sp³-hybridized carbons (Fsp3) is 0.240. The second kappa shape index (κ2) is 9.64. The summed E-state index contributed by atoms with van der Waals surface area (Å²) in [5.41, 5.74) is 3.55. The molecule has 0 fully saturated rings. The van der Waals surface area contributed by atoms with E-state index in [1.807, 2.05) is 31.2 Å². The van der Waals surface area contributed by atoms with Crippen molar-refractivity contribution in [3.63, 3.8) is 0 Å². The summed E-state index contributed by atoms with van der Waals surface area (Å²) in [6.45, 7) is 2.42. The van der Waals surface area contributed by atoms with Crippen molar-refractivity contribution < 1.29 is 22.7 Å². The summed E-state index contributed by atoms with van der Waals surface area (Å²) >= 11 is 0. The lowest BCUT2D eigenvalue weighted by Crippen LogP contribution is -2.36. The van der Waals surface area contributed by atoms with E-state index >= 15 is 0 Å². The molecule has 0 radical (unpaired) electrons. The standard InChI is InChI=1S/C25H26N2O5S/c1-18-7-11-22(12-8-18)33(29,30)27-14-13-19-9-10-21(15-20(19)16-27)26-25(28)17-32-24-6-4-3-5-23(24)31-2/h3-12,15H,13-14,16-17H2,1-2H3,(H,26,28). The van der Waals surface area contributed by atoms with E-state index in [1.165, 1.54) is 11.4 Å². The molecule has 0 bridgehead atoms. The van der Waals surface area contributed by atoms with Gasteiger partial charge in [-0.15, -0.1) is 0 Å². The van der Waals surface area contributed by atoms with Gasteiger partial charge in [-0.3, -0.25) is 4.79 Å². The molecule has 0 saturated carbocycles. The number of carbonyl (C=O) groups is 1. The molecule has 1 N–H and O–H groups in total. The van der Waals surface area contributed by atoms with E-state index in [2.05, 4.69) is 5.32 Å². The SMILES string of the molecule is COc1ccccc1OCC(=O)Nc1ccc2c(c1)CN(S(=O)(=O)c1ccc(C)cc1)CC2. The molecule has 8 heteroatoms. The minimum absolute atomic E-state index is 0.175. The zero-order valence-electron chi connectivity index (χ0n) is 18.6. The molecule has 0 spiro atoms. The predicted octanol–water partition coefficient (Wildman–Crippen LogP) is 3.77. The monoisotopic (exact) mass is 466 g/mol. The topological polar surface area (TPSA) is 84.9 Å². The number of sulfonamides is 1. The van der Waals surface area contributed by atoms with Gasteiger partial charge in [-0.2, -0.15) is 4.31 Å². The molecule has 0 unspecified atom stereocenters. The lowest BCUT2D eigenvalue weighted by Gasteiger charge is -2.28. The summed E-state index contributed by atoms with van der Waals surface area (Å²) in [6.07, 6.45) is 0.617. The molecule has 1 aliphatic heterocycles. The second-order valence-corrected chi connectivity index (χ2v) is 9.81. The van der Waals surface area contributed by atoms with Gasteiger partial charge < -0.3 is 14.8 Å². The van der Waals surface area contributed by atoms with Crippen molar-refractivity contribution >= 4 is 21.6 Å². The first-order valence-electron chi connectivity index (χ1n) is 10.6. The molecular formula is C25H26N2O5S. The number of anilines is 1. The Balaban J connectivity index is 1.43. The number of carbonyl (C=O) groups excluding carboxylic acids is 1. The number of nitrogens with one attached hydrogen (secondary N) is 1. The van der Waals surface area contributed by atoms with Crippen LogP contribution in [0.2, 0.25) is 0 Å². The van der Waals surface area contributed by atoms with Gasteiger partial charge in [0.2, 0.25) is 10.0 Å². The van der Waals surface area contributed by atoms with Crippen LogP contribution in [0.1, 0.15) is 16.7 Å². The number of para-hydroxylation sites is 2. The minimum Gasteiger partial charge on any atom is -0.493 e. The van der Waals surface area contributed by atoms with Gasteiger partial charge in [0, 0.05) is 18.8 Å². The smallest absolute Gasteiger partial charge is 0.262 e. The lowest BCUT2D eigenvalue weighted by molar-refractivity contribution is -0.118. The molecule has 172 valence electrons. The van der Waals surface area contributed by atoms with E-state index < -0.39 is 10.0 Å². The maximum atomic E-state index is 13.1. The maximum Gasteiger partial charge on any atom is 0.262 e. The highest BCUT2D eigenvalue weighted by Gasteiger charge is 2.28. The number of fused-ring (bicyclic) bond motifs is 1. The van der Waals surface area contributed by atoms with Crippen LogP contribution in [-0.2, 0) is 27.8 Å². The Morgan fingerprint density at radius 2 is 1.73 bits per heavy atom. The first-order valence-corrected chi connectivity index (χ1v) is 12.0. The van der Waals surface area contributed by atoms with Gasteiger partial charge in [0.1, 0.15) is 0 Å². The van der Waals surface area contributed by atoms with E-state index in [0.717, 1.165) is 16.7 Å². The van der Waals surface area contributed by atoms with Crippen LogP contribution in [0.3, 0.4) is 0 Å². The highest BCUT2D eigenvalue weighted by atomic mass is 32.2. The minimum atomic E-state index is -3.59. The van der Waals surface area contributed by atoms with Gasteiger partial charge in [0.15, 0.2) is 18.1 Å². The second-order valence-electron chi connectivity index (χ2n) is 7.87. The maximum absolute atomic E-state index is 13.1. The van der Waals surface area contributed by atoms with Crippen molar-refractivity contribution in [2.75, 3.05) is 25.6 Å². The molecule has 33 heavy (non-hydrogen) atoms. The fourth-order valence-corrected chi connectivity index (χ4v) is 5.17. The van der Waals surface area contributed by atoms with E-state index in [0.29, 0.717) is 30.2 Å². The molecule has 1 aliphatic rings. The summed E-state index contributed by atoms with van der Waals surface area (Å²) in [4.78, 5) is 12.7. The van der Waals surface area contributed by atoms with Crippen LogP contribution in [0.4, 0.5) is 5.69 Å². The third kappa shape index (κ3) is 5.18. The van der Waals surface area contributed by atoms with Crippen molar-refractivity contribution in [1.29, 1.82) is 0 Å².